The highest BCUT2D eigenvalue weighted by Gasteiger charge is 2.12. The van der Waals surface area contributed by atoms with Crippen LogP contribution in [0.1, 0.15) is 22.9 Å². The van der Waals surface area contributed by atoms with E-state index in [0.29, 0.717) is 5.69 Å². The van der Waals surface area contributed by atoms with Gasteiger partial charge in [-0.2, -0.15) is 0 Å². The second kappa shape index (κ2) is 4.33. The zero-order chi connectivity index (χ0) is 11.5. The third-order valence-electron chi connectivity index (χ3n) is 2.57. The van der Waals surface area contributed by atoms with E-state index in [-0.39, 0.29) is 5.56 Å². The van der Waals surface area contributed by atoms with Crippen LogP contribution in [-0.2, 0) is 0 Å². The molecule has 3 nitrogen and oxygen atoms in total. The van der Waals surface area contributed by atoms with Gasteiger partial charge in [-0.05, 0) is 18.6 Å². The molecule has 1 aromatic carbocycles. The third kappa shape index (κ3) is 2.04. The summed E-state index contributed by atoms with van der Waals surface area (Å²) in [6, 6.07) is 12.4. The van der Waals surface area contributed by atoms with Gasteiger partial charge < -0.3 is 10.1 Å². The number of rotatable bonds is 2. The van der Waals surface area contributed by atoms with Crippen molar-refractivity contribution in [2.45, 2.75) is 13.0 Å². The van der Waals surface area contributed by atoms with Crippen molar-refractivity contribution in [3.63, 3.8) is 0 Å². The van der Waals surface area contributed by atoms with Crippen LogP contribution >= 0.6 is 0 Å². The van der Waals surface area contributed by atoms with E-state index in [2.05, 4.69) is 4.98 Å². The number of aliphatic hydroxyl groups excluding tert-OH is 1. The molecule has 0 aliphatic rings. The molecule has 2 rings (SSSR count). The van der Waals surface area contributed by atoms with Crippen molar-refractivity contribution in [2.24, 2.45) is 0 Å². The Morgan fingerprint density at radius 2 is 1.81 bits per heavy atom. The van der Waals surface area contributed by atoms with Gasteiger partial charge in [-0.15, -0.1) is 0 Å². The Kier molecular flexibility index (Phi) is 2.88. The number of aromatic nitrogens is 1. The number of hydrogen-bond acceptors (Lipinski definition) is 2. The van der Waals surface area contributed by atoms with Crippen molar-refractivity contribution < 1.29 is 5.11 Å². The largest absolute Gasteiger partial charge is 0.384 e. The fourth-order valence-electron chi connectivity index (χ4n) is 1.70. The van der Waals surface area contributed by atoms with Gasteiger partial charge in [0.1, 0.15) is 6.10 Å². The first kappa shape index (κ1) is 10.6. The van der Waals surface area contributed by atoms with Gasteiger partial charge in [0.15, 0.2) is 0 Å². The highest BCUT2D eigenvalue weighted by atomic mass is 16.3. The van der Waals surface area contributed by atoms with Gasteiger partial charge in [0, 0.05) is 17.3 Å². The van der Waals surface area contributed by atoms with Crippen LogP contribution < -0.4 is 5.56 Å². The first-order valence-corrected chi connectivity index (χ1v) is 5.11. The Morgan fingerprint density at radius 3 is 2.44 bits per heavy atom. The van der Waals surface area contributed by atoms with Crippen LogP contribution in [-0.4, -0.2) is 10.1 Å². The van der Waals surface area contributed by atoms with Crippen LogP contribution in [0.15, 0.2) is 47.3 Å². The van der Waals surface area contributed by atoms with Crippen LogP contribution in [0.4, 0.5) is 0 Å². The quantitative estimate of drug-likeness (QED) is 0.802. The molecule has 3 heteroatoms. The Labute approximate surface area is 93.4 Å². The van der Waals surface area contributed by atoms with Crippen LogP contribution in [0, 0.1) is 6.92 Å². The molecule has 0 aliphatic heterocycles. The number of aryl methyl sites for hydroxylation is 1. The first-order chi connectivity index (χ1) is 7.68. The van der Waals surface area contributed by atoms with E-state index in [9.17, 15) is 9.90 Å². The predicted molar refractivity (Wildman–Crippen MR) is 62.3 cm³/mol. The molecule has 0 spiro atoms. The van der Waals surface area contributed by atoms with Crippen molar-refractivity contribution in [1.82, 2.24) is 4.98 Å². The molecule has 1 aromatic heterocycles. The lowest BCUT2D eigenvalue weighted by atomic mass is 10.0. The maximum Gasteiger partial charge on any atom is 0.248 e. The zero-order valence-corrected chi connectivity index (χ0v) is 8.97. The molecule has 0 amide bonds. The summed E-state index contributed by atoms with van der Waals surface area (Å²) in [4.78, 5) is 13.7. The highest BCUT2D eigenvalue weighted by molar-refractivity contribution is 5.31. The van der Waals surface area contributed by atoms with Gasteiger partial charge in [0.25, 0.3) is 0 Å². The zero-order valence-electron chi connectivity index (χ0n) is 8.97. The minimum atomic E-state index is -0.696. The van der Waals surface area contributed by atoms with Gasteiger partial charge in [0.2, 0.25) is 5.56 Å². The van der Waals surface area contributed by atoms with Crippen molar-refractivity contribution in [1.29, 1.82) is 0 Å². The smallest absolute Gasteiger partial charge is 0.248 e. The average molecular weight is 215 g/mol. The molecular weight excluding hydrogens is 202 g/mol. The minimum absolute atomic E-state index is 0.151. The van der Waals surface area contributed by atoms with E-state index in [1.54, 1.807) is 13.0 Å². The van der Waals surface area contributed by atoms with Crippen molar-refractivity contribution in [2.75, 3.05) is 0 Å². The van der Waals surface area contributed by atoms with Crippen LogP contribution in [0.5, 0.6) is 0 Å². The van der Waals surface area contributed by atoms with Crippen LogP contribution in [0.25, 0.3) is 0 Å². The Morgan fingerprint density at radius 1 is 1.12 bits per heavy atom. The summed E-state index contributed by atoms with van der Waals surface area (Å²) in [5, 5.41) is 10.1. The number of H-pyrrole nitrogens is 1. The molecule has 2 N–H and O–H groups in total. The van der Waals surface area contributed by atoms with E-state index in [0.717, 1.165) is 11.1 Å². The van der Waals surface area contributed by atoms with Gasteiger partial charge in [-0.3, -0.25) is 4.79 Å². The van der Waals surface area contributed by atoms with Crippen LogP contribution in [0.3, 0.4) is 0 Å². The topological polar surface area (TPSA) is 53.1 Å². The van der Waals surface area contributed by atoms with Crippen molar-refractivity contribution in [3.05, 3.63) is 69.6 Å². The lowest BCUT2D eigenvalue weighted by Gasteiger charge is -2.13. The predicted octanol–water partition coefficient (Wildman–Crippen LogP) is 1.77. The first-order valence-electron chi connectivity index (χ1n) is 5.11. The molecule has 0 unspecified atom stereocenters. The number of aliphatic hydroxyl groups is 1. The molecule has 0 saturated heterocycles. The van der Waals surface area contributed by atoms with Crippen molar-refractivity contribution in [3.8, 4) is 0 Å². The van der Waals surface area contributed by atoms with Gasteiger partial charge in [-0.1, -0.05) is 30.3 Å². The molecule has 0 fully saturated rings. The summed E-state index contributed by atoms with van der Waals surface area (Å²) in [5.41, 5.74) is 2.09. The standard InChI is InChI=1S/C13H13NO2/c1-9-11(7-8-12(15)14-9)13(16)10-5-3-2-4-6-10/h2-8,13,16H,1H3,(H,14,15)/t13-/m1/s1. The monoisotopic (exact) mass is 215 g/mol. The fraction of sp³-hybridized carbons (Fsp3) is 0.154. The number of benzene rings is 1. The van der Waals surface area contributed by atoms with Gasteiger partial charge in [0.05, 0.1) is 0 Å². The van der Waals surface area contributed by atoms with Gasteiger partial charge >= 0.3 is 0 Å². The molecule has 16 heavy (non-hydrogen) atoms. The third-order valence-corrected chi connectivity index (χ3v) is 2.57. The average Bonchev–Trinajstić information content (AvgIpc) is 2.29. The Hall–Kier alpha value is -1.87. The number of nitrogens with one attached hydrogen (secondary N) is 1. The lowest BCUT2D eigenvalue weighted by molar-refractivity contribution is 0.219. The van der Waals surface area contributed by atoms with E-state index >= 15 is 0 Å². The molecule has 2 aromatic rings. The molecule has 1 heterocycles. The van der Waals surface area contributed by atoms with E-state index in [1.807, 2.05) is 30.3 Å². The highest BCUT2D eigenvalue weighted by Crippen LogP contribution is 2.22. The normalized spacial score (nSPS) is 12.4. The lowest BCUT2D eigenvalue weighted by Crippen LogP contribution is -2.10. The number of pyridine rings is 1. The Balaban J connectivity index is 2.42. The second-order valence-corrected chi connectivity index (χ2v) is 3.72. The molecule has 1 atom stereocenters. The SMILES string of the molecule is Cc1[nH]c(=O)ccc1[C@H](O)c1ccccc1. The molecule has 0 radical (unpaired) electrons. The van der Waals surface area contributed by atoms with E-state index in [4.69, 9.17) is 0 Å². The second-order valence-electron chi connectivity index (χ2n) is 3.72. The van der Waals surface area contributed by atoms with Gasteiger partial charge in [-0.25, -0.2) is 0 Å². The fourth-order valence-corrected chi connectivity index (χ4v) is 1.70. The van der Waals surface area contributed by atoms with E-state index < -0.39 is 6.10 Å². The molecule has 0 aliphatic carbocycles. The molecule has 0 saturated carbocycles. The number of hydrogen-bond donors (Lipinski definition) is 2. The Bertz CT molecular complexity index is 531. The summed E-state index contributed by atoms with van der Waals surface area (Å²) in [6.45, 7) is 1.78. The molecule has 0 bridgehead atoms. The number of aromatic amines is 1. The summed E-state index contributed by atoms with van der Waals surface area (Å²) in [5.74, 6) is 0. The van der Waals surface area contributed by atoms with Crippen LogP contribution in [0.2, 0.25) is 0 Å². The summed E-state index contributed by atoms with van der Waals surface area (Å²) < 4.78 is 0. The van der Waals surface area contributed by atoms with E-state index in [1.165, 1.54) is 6.07 Å². The summed E-state index contributed by atoms with van der Waals surface area (Å²) >= 11 is 0. The van der Waals surface area contributed by atoms with Crippen molar-refractivity contribution >= 4 is 0 Å². The molecule has 82 valence electrons. The minimum Gasteiger partial charge on any atom is -0.384 e. The maximum absolute atomic E-state index is 11.1. The maximum atomic E-state index is 11.1. The summed E-state index contributed by atoms with van der Waals surface area (Å²) in [6.07, 6.45) is -0.696. The summed E-state index contributed by atoms with van der Waals surface area (Å²) in [7, 11) is 0. The molecular formula is C13H13NO2.